The number of amides is 2. The van der Waals surface area contributed by atoms with Crippen molar-refractivity contribution in [3.8, 4) is 0 Å². The first-order valence-electron chi connectivity index (χ1n) is 8.79. The van der Waals surface area contributed by atoms with Crippen molar-refractivity contribution < 1.29 is 4.79 Å². The van der Waals surface area contributed by atoms with E-state index in [1.165, 1.54) is 19.3 Å². The lowest BCUT2D eigenvalue weighted by molar-refractivity contribution is 0.138. The van der Waals surface area contributed by atoms with Crippen molar-refractivity contribution in [2.75, 3.05) is 11.9 Å². The van der Waals surface area contributed by atoms with Gasteiger partial charge in [0.2, 0.25) is 0 Å². The summed E-state index contributed by atoms with van der Waals surface area (Å²) >= 11 is 0. The minimum atomic E-state index is 0.0176. The molecule has 3 heterocycles. The van der Waals surface area contributed by atoms with Crippen LogP contribution in [0.3, 0.4) is 0 Å². The summed E-state index contributed by atoms with van der Waals surface area (Å²) in [6.07, 6.45) is 11.4. The number of urea groups is 1. The maximum absolute atomic E-state index is 12.6. The van der Waals surface area contributed by atoms with Gasteiger partial charge in [-0.15, -0.1) is 0 Å². The second kappa shape index (κ2) is 6.63. The van der Waals surface area contributed by atoms with E-state index in [1.807, 2.05) is 29.3 Å². The quantitative estimate of drug-likeness (QED) is 0.943. The summed E-state index contributed by atoms with van der Waals surface area (Å²) in [6, 6.07) is 6.27. The molecule has 2 amide bonds. The number of likely N-dealkylation sites (tertiary alicyclic amines) is 1. The molecule has 1 saturated heterocycles. The first-order valence-corrected chi connectivity index (χ1v) is 8.79. The van der Waals surface area contributed by atoms with E-state index in [9.17, 15) is 4.79 Å². The molecule has 0 aromatic carbocycles. The Morgan fingerprint density at radius 3 is 3.04 bits per heavy atom. The number of carbonyl (C=O) groups is 1. The highest BCUT2D eigenvalue weighted by atomic mass is 16.2. The largest absolute Gasteiger partial charge is 0.322 e. The van der Waals surface area contributed by atoms with E-state index in [0.717, 1.165) is 30.8 Å². The predicted octanol–water partition coefficient (Wildman–Crippen LogP) is 3.12. The molecule has 1 aliphatic carbocycles. The first kappa shape index (κ1) is 15.2. The van der Waals surface area contributed by atoms with Crippen LogP contribution in [0.15, 0.2) is 36.8 Å². The van der Waals surface area contributed by atoms with Crippen LogP contribution >= 0.6 is 0 Å². The van der Waals surface area contributed by atoms with Gasteiger partial charge in [-0.3, -0.25) is 9.67 Å². The van der Waals surface area contributed by atoms with Crippen LogP contribution in [0.5, 0.6) is 0 Å². The zero-order valence-electron chi connectivity index (χ0n) is 13.8. The molecule has 4 rings (SSSR count). The fourth-order valence-electron chi connectivity index (χ4n) is 4.07. The number of fused-ring (bicyclic) bond motifs is 1. The summed E-state index contributed by atoms with van der Waals surface area (Å²) in [5.74, 6) is 0.705. The molecule has 6 nitrogen and oxygen atoms in total. The van der Waals surface area contributed by atoms with Gasteiger partial charge in [0.1, 0.15) is 0 Å². The summed E-state index contributed by atoms with van der Waals surface area (Å²) in [5, 5.41) is 7.33. The number of anilines is 1. The van der Waals surface area contributed by atoms with Crippen molar-refractivity contribution >= 4 is 11.7 Å². The monoisotopic (exact) mass is 325 g/mol. The molecule has 0 bridgehead atoms. The van der Waals surface area contributed by atoms with Crippen molar-refractivity contribution in [1.82, 2.24) is 19.7 Å². The van der Waals surface area contributed by atoms with Crippen LogP contribution in [-0.4, -0.2) is 38.3 Å². The number of hydrogen-bond donors (Lipinski definition) is 1. The third-order valence-corrected chi connectivity index (χ3v) is 5.19. The third kappa shape index (κ3) is 3.13. The Kier molecular flexibility index (Phi) is 4.19. The van der Waals surface area contributed by atoms with Crippen LogP contribution < -0.4 is 5.32 Å². The van der Waals surface area contributed by atoms with Crippen LogP contribution in [0.25, 0.3) is 0 Å². The normalized spacial score (nSPS) is 23.1. The highest BCUT2D eigenvalue weighted by Crippen LogP contribution is 2.36. The zero-order valence-corrected chi connectivity index (χ0v) is 13.8. The number of nitrogens with one attached hydrogen (secondary N) is 1. The maximum Gasteiger partial charge on any atom is 0.322 e. The molecule has 0 radical (unpaired) electrons. The fraction of sp³-hybridized carbons (Fsp3) is 0.500. The van der Waals surface area contributed by atoms with E-state index >= 15 is 0 Å². The minimum Gasteiger partial charge on any atom is -0.321 e. The van der Waals surface area contributed by atoms with E-state index < -0.39 is 0 Å². The highest BCUT2D eigenvalue weighted by molar-refractivity contribution is 5.89. The van der Waals surface area contributed by atoms with Crippen LogP contribution in [0, 0.1) is 5.92 Å². The molecule has 2 aromatic heterocycles. The Hall–Kier alpha value is -2.37. The van der Waals surface area contributed by atoms with Gasteiger partial charge in [0.15, 0.2) is 0 Å². The number of nitrogens with zero attached hydrogens (tertiary/aromatic N) is 4. The van der Waals surface area contributed by atoms with Gasteiger partial charge in [-0.1, -0.05) is 12.5 Å². The van der Waals surface area contributed by atoms with Crippen molar-refractivity contribution in [2.45, 2.75) is 44.7 Å². The molecular formula is C18H23N5O. The van der Waals surface area contributed by atoms with Crippen molar-refractivity contribution in [3.05, 3.63) is 42.5 Å². The summed E-state index contributed by atoms with van der Waals surface area (Å²) in [5.41, 5.74) is 1.69. The molecule has 126 valence electrons. The smallest absolute Gasteiger partial charge is 0.321 e. The van der Waals surface area contributed by atoms with E-state index in [1.54, 1.807) is 17.1 Å². The Morgan fingerprint density at radius 2 is 2.17 bits per heavy atom. The number of piperidine rings is 1. The number of carbonyl (C=O) groups excluding carboxylic acids is 1. The van der Waals surface area contributed by atoms with E-state index in [-0.39, 0.29) is 6.03 Å². The topological polar surface area (TPSA) is 63.1 Å². The standard InChI is InChI=1S/C18H23N5O/c24-18(23-10-4-6-14-5-3-8-17(14)23)21-16-11-20-22(13-16)12-15-7-1-2-9-19-15/h1-2,7,9,11,13-14,17H,3-6,8,10,12H2,(H,21,24)/t14-,17-/m1/s1. The fourth-order valence-corrected chi connectivity index (χ4v) is 4.07. The molecule has 2 atom stereocenters. The summed E-state index contributed by atoms with van der Waals surface area (Å²) in [7, 11) is 0. The van der Waals surface area contributed by atoms with Gasteiger partial charge in [0.05, 0.1) is 24.1 Å². The average Bonchev–Trinajstić information content (AvgIpc) is 3.24. The molecule has 0 spiro atoms. The van der Waals surface area contributed by atoms with Gasteiger partial charge < -0.3 is 10.2 Å². The Bertz CT molecular complexity index is 698. The Labute approximate surface area is 141 Å². The van der Waals surface area contributed by atoms with Crippen LogP contribution in [0.4, 0.5) is 10.5 Å². The van der Waals surface area contributed by atoms with Crippen LogP contribution in [-0.2, 0) is 6.54 Å². The summed E-state index contributed by atoms with van der Waals surface area (Å²) in [6.45, 7) is 1.47. The molecule has 6 heteroatoms. The van der Waals surface area contributed by atoms with Gasteiger partial charge in [-0.2, -0.15) is 5.10 Å². The number of rotatable bonds is 3. The predicted molar refractivity (Wildman–Crippen MR) is 91.7 cm³/mol. The number of aromatic nitrogens is 3. The zero-order chi connectivity index (χ0) is 16.4. The molecule has 0 unspecified atom stereocenters. The second-order valence-electron chi connectivity index (χ2n) is 6.77. The van der Waals surface area contributed by atoms with E-state index in [4.69, 9.17) is 0 Å². The minimum absolute atomic E-state index is 0.0176. The summed E-state index contributed by atoms with van der Waals surface area (Å²) < 4.78 is 1.80. The van der Waals surface area contributed by atoms with Crippen molar-refractivity contribution in [3.63, 3.8) is 0 Å². The van der Waals surface area contributed by atoms with Gasteiger partial charge in [0.25, 0.3) is 0 Å². The molecule has 1 aliphatic heterocycles. The first-order chi connectivity index (χ1) is 11.8. The van der Waals surface area contributed by atoms with Gasteiger partial charge >= 0.3 is 6.03 Å². The number of hydrogen-bond acceptors (Lipinski definition) is 3. The van der Waals surface area contributed by atoms with Gasteiger partial charge in [-0.05, 0) is 43.7 Å². The van der Waals surface area contributed by atoms with Crippen molar-refractivity contribution in [1.29, 1.82) is 0 Å². The Balaban J connectivity index is 1.39. The van der Waals surface area contributed by atoms with Crippen LogP contribution in [0.2, 0.25) is 0 Å². The lowest BCUT2D eigenvalue weighted by Gasteiger charge is -2.37. The Morgan fingerprint density at radius 1 is 1.25 bits per heavy atom. The molecule has 2 aliphatic rings. The molecule has 1 N–H and O–H groups in total. The lowest BCUT2D eigenvalue weighted by Crippen LogP contribution is -2.48. The van der Waals surface area contributed by atoms with Gasteiger partial charge in [-0.25, -0.2) is 4.79 Å². The van der Waals surface area contributed by atoms with Gasteiger partial charge in [0, 0.05) is 25.0 Å². The van der Waals surface area contributed by atoms with Crippen molar-refractivity contribution in [2.24, 2.45) is 5.92 Å². The third-order valence-electron chi connectivity index (χ3n) is 5.19. The second-order valence-corrected chi connectivity index (χ2v) is 6.77. The summed E-state index contributed by atoms with van der Waals surface area (Å²) in [4.78, 5) is 19.0. The SMILES string of the molecule is O=C(Nc1cnn(Cc2ccccn2)c1)N1CCC[C@H]2CCC[C@H]21. The maximum atomic E-state index is 12.6. The molecular weight excluding hydrogens is 302 g/mol. The van der Waals surface area contributed by atoms with E-state index in [2.05, 4.69) is 15.4 Å². The molecule has 1 saturated carbocycles. The number of pyridine rings is 1. The van der Waals surface area contributed by atoms with E-state index in [0.29, 0.717) is 18.5 Å². The van der Waals surface area contributed by atoms with Crippen LogP contribution in [0.1, 0.15) is 37.8 Å². The molecule has 2 fully saturated rings. The lowest BCUT2D eigenvalue weighted by atomic mass is 9.92. The highest BCUT2D eigenvalue weighted by Gasteiger charge is 2.37. The molecule has 24 heavy (non-hydrogen) atoms. The molecule has 2 aromatic rings. The average molecular weight is 325 g/mol.